The van der Waals surface area contributed by atoms with Gasteiger partial charge in [0, 0.05) is 10.6 Å². The third-order valence-electron chi connectivity index (χ3n) is 2.90. The molecule has 0 aliphatic carbocycles. The Bertz CT molecular complexity index is 753. The lowest BCUT2D eigenvalue weighted by atomic mass is 10.2. The Kier molecular flexibility index (Phi) is 6.28. The predicted molar refractivity (Wildman–Crippen MR) is 90.6 cm³/mol. The molecule has 2 aromatic rings. The number of carbonyl (C=O) groups is 2. The van der Waals surface area contributed by atoms with Gasteiger partial charge in [-0.05, 0) is 36.4 Å². The van der Waals surface area contributed by atoms with E-state index in [9.17, 15) is 9.59 Å². The summed E-state index contributed by atoms with van der Waals surface area (Å²) in [5.74, 6) is -0.172. The first-order valence-electron chi connectivity index (χ1n) is 6.80. The molecule has 0 saturated carbocycles. The summed E-state index contributed by atoms with van der Waals surface area (Å²) in [4.78, 5) is 23.6. The van der Waals surface area contributed by atoms with Gasteiger partial charge in [-0.2, -0.15) is 0 Å². The van der Waals surface area contributed by atoms with Crippen LogP contribution in [0, 0.1) is 0 Å². The summed E-state index contributed by atoms with van der Waals surface area (Å²) >= 11 is 11.7. The Morgan fingerprint density at radius 3 is 2.58 bits per heavy atom. The highest BCUT2D eigenvalue weighted by atomic mass is 35.5. The molecule has 24 heavy (non-hydrogen) atoms. The molecule has 0 saturated heterocycles. The molecule has 2 aromatic carbocycles. The predicted octanol–water partition coefficient (Wildman–Crippen LogP) is 2.84. The fraction of sp³-hybridized carbons (Fsp3) is 0.125. The molecule has 6 nitrogen and oxygen atoms in total. The summed E-state index contributed by atoms with van der Waals surface area (Å²) in [5.41, 5.74) is 4.87. The summed E-state index contributed by atoms with van der Waals surface area (Å²) in [6.07, 6.45) is 0. The van der Waals surface area contributed by atoms with Gasteiger partial charge in [0.25, 0.3) is 11.8 Å². The molecule has 0 heterocycles. The van der Waals surface area contributed by atoms with Crippen molar-refractivity contribution >= 4 is 35.0 Å². The number of rotatable bonds is 5. The quantitative estimate of drug-likeness (QED) is 0.795. The molecule has 0 unspecified atom stereocenters. The van der Waals surface area contributed by atoms with Crippen LogP contribution in [0.25, 0.3) is 0 Å². The number of methoxy groups -OCH3 is 1. The van der Waals surface area contributed by atoms with Crippen molar-refractivity contribution in [3.8, 4) is 11.5 Å². The van der Waals surface area contributed by atoms with Crippen LogP contribution in [0.5, 0.6) is 11.5 Å². The second-order valence-electron chi connectivity index (χ2n) is 4.60. The van der Waals surface area contributed by atoms with Gasteiger partial charge in [-0.15, -0.1) is 0 Å². The Morgan fingerprint density at radius 1 is 1.08 bits per heavy atom. The number of hydrogen-bond donors (Lipinski definition) is 2. The zero-order chi connectivity index (χ0) is 17.5. The number of nitrogens with one attached hydrogen (secondary N) is 2. The molecule has 2 rings (SSSR count). The van der Waals surface area contributed by atoms with Crippen LogP contribution in [0.4, 0.5) is 0 Å². The fourth-order valence-electron chi connectivity index (χ4n) is 1.73. The van der Waals surface area contributed by atoms with Gasteiger partial charge in [0.05, 0.1) is 12.1 Å². The zero-order valence-electron chi connectivity index (χ0n) is 12.6. The third-order valence-corrected chi connectivity index (χ3v) is 3.43. The van der Waals surface area contributed by atoms with E-state index < -0.39 is 11.8 Å². The molecule has 0 aromatic heterocycles. The Labute approximate surface area is 148 Å². The molecule has 0 aliphatic rings. The van der Waals surface area contributed by atoms with E-state index in [4.69, 9.17) is 32.7 Å². The Hall–Kier alpha value is -2.44. The van der Waals surface area contributed by atoms with Crippen molar-refractivity contribution in [1.82, 2.24) is 10.9 Å². The number of hydrazine groups is 1. The maximum atomic E-state index is 11.9. The monoisotopic (exact) mass is 368 g/mol. The van der Waals surface area contributed by atoms with Gasteiger partial charge in [0.1, 0.15) is 11.5 Å². The first-order chi connectivity index (χ1) is 11.5. The second kappa shape index (κ2) is 8.42. The van der Waals surface area contributed by atoms with E-state index in [0.29, 0.717) is 22.1 Å². The molecule has 2 amide bonds. The van der Waals surface area contributed by atoms with Crippen LogP contribution in [0.1, 0.15) is 10.4 Å². The highest BCUT2D eigenvalue weighted by molar-refractivity contribution is 6.35. The molecule has 8 heteroatoms. The number of halogens is 2. The first-order valence-corrected chi connectivity index (χ1v) is 7.56. The molecule has 0 fully saturated rings. The summed E-state index contributed by atoms with van der Waals surface area (Å²) in [5, 5.41) is 0.748. The average molecular weight is 369 g/mol. The molecule has 0 spiro atoms. The Morgan fingerprint density at radius 2 is 1.88 bits per heavy atom. The molecule has 2 N–H and O–H groups in total. The highest BCUT2D eigenvalue weighted by Gasteiger charge is 2.10. The summed E-state index contributed by atoms with van der Waals surface area (Å²) in [6.45, 7) is -0.320. The van der Waals surface area contributed by atoms with Crippen molar-refractivity contribution < 1.29 is 19.1 Å². The highest BCUT2D eigenvalue weighted by Crippen LogP contribution is 2.27. The van der Waals surface area contributed by atoms with Crippen LogP contribution < -0.4 is 20.3 Å². The van der Waals surface area contributed by atoms with Gasteiger partial charge in [-0.3, -0.25) is 20.4 Å². The smallest absolute Gasteiger partial charge is 0.276 e. The Balaban J connectivity index is 1.83. The van der Waals surface area contributed by atoms with Crippen LogP contribution in [0.15, 0.2) is 42.5 Å². The number of benzene rings is 2. The van der Waals surface area contributed by atoms with Crippen molar-refractivity contribution in [2.75, 3.05) is 13.7 Å². The minimum absolute atomic E-state index is 0.288. The molecule has 0 bridgehead atoms. The lowest BCUT2D eigenvalue weighted by molar-refractivity contribution is -0.123. The minimum Gasteiger partial charge on any atom is -0.497 e. The van der Waals surface area contributed by atoms with Crippen molar-refractivity contribution in [1.29, 1.82) is 0 Å². The van der Waals surface area contributed by atoms with Gasteiger partial charge < -0.3 is 9.47 Å². The van der Waals surface area contributed by atoms with Crippen molar-refractivity contribution in [2.45, 2.75) is 0 Å². The third kappa shape index (κ3) is 5.04. The molecule has 0 atom stereocenters. The topological polar surface area (TPSA) is 76.7 Å². The van der Waals surface area contributed by atoms with Gasteiger partial charge in [-0.25, -0.2) is 0 Å². The van der Waals surface area contributed by atoms with Gasteiger partial charge in [-0.1, -0.05) is 29.3 Å². The summed E-state index contributed by atoms with van der Waals surface area (Å²) < 4.78 is 10.3. The van der Waals surface area contributed by atoms with Crippen molar-refractivity contribution in [3.05, 3.63) is 58.1 Å². The van der Waals surface area contributed by atoms with E-state index in [-0.39, 0.29) is 11.6 Å². The molecular formula is C16H14Cl2N2O4. The van der Waals surface area contributed by atoms with Gasteiger partial charge >= 0.3 is 0 Å². The lowest BCUT2D eigenvalue weighted by Gasteiger charge is -2.10. The second-order valence-corrected chi connectivity index (χ2v) is 5.44. The van der Waals surface area contributed by atoms with Crippen LogP contribution in [0.2, 0.25) is 10.0 Å². The summed E-state index contributed by atoms with van der Waals surface area (Å²) in [6, 6.07) is 11.2. The molecule has 0 aliphatic heterocycles. The maximum Gasteiger partial charge on any atom is 0.276 e. The number of ether oxygens (including phenoxy) is 2. The number of hydrogen-bond acceptors (Lipinski definition) is 4. The van der Waals surface area contributed by atoms with Crippen molar-refractivity contribution in [2.24, 2.45) is 0 Å². The standard InChI is InChI=1S/C16H14Cl2N2O4/c1-23-12-4-2-3-10(7-12)16(22)20-19-15(21)9-24-14-6-5-11(17)8-13(14)18/h2-8H,9H2,1H3,(H,19,21)(H,20,22). The summed E-state index contributed by atoms with van der Waals surface area (Å²) in [7, 11) is 1.50. The van der Waals surface area contributed by atoms with E-state index >= 15 is 0 Å². The lowest BCUT2D eigenvalue weighted by Crippen LogP contribution is -2.43. The molecular weight excluding hydrogens is 355 g/mol. The minimum atomic E-state index is -0.544. The van der Waals surface area contributed by atoms with E-state index in [1.807, 2.05) is 0 Å². The normalized spacial score (nSPS) is 9.96. The van der Waals surface area contributed by atoms with E-state index in [1.165, 1.54) is 13.2 Å². The first kappa shape index (κ1) is 17.9. The average Bonchev–Trinajstić information content (AvgIpc) is 2.59. The largest absolute Gasteiger partial charge is 0.497 e. The van der Waals surface area contributed by atoms with Crippen LogP contribution in [0.3, 0.4) is 0 Å². The van der Waals surface area contributed by atoms with Crippen molar-refractivity contribution in [3.63, 3.8) is 0 Å². The van der Waals surface area contributed by atoms with Crippen LogP contribution >= 0.6 is 23.2 Å². The number of carbonyl (C=O) groups excluding carboxylic acids is 2. The molecule has 126 valence electrons. The molecule has 0 radical (unpaired) electrons. The SMILES string of the molecule is COc1cccc(C(=O)NNC(=O)COc2ccc(Cl)cc2Cl)c1. The van der Waals surface area contributed by atoms with Crippen LogP contribution in [-0.4, -0.2) is 25.5 Å². The number of amides is 2. The van der Waals surface area contributed by atoms with E-state index in [2.05, 4.69) is 10.9 Å². The van der Waals surface area contributed by atoms with Gasteiger partial charge in [0.15, 0.2) is 6.61 Å². The van der Waals surface area contributed by atoms with Gasteiger partial charge in [0.2, 0.25) is 0 Å². The van der Waals surface area contributed by atoms with E-state index in [1.54, 1.807) is 36.4 Å². The maximum absolute atomic E-state index is 11.9. The fourth-order valence-corrected chi connectivity index (χ4v) is 2.20. The zero-order valence-corrected chi connectivity index (χ0v) is 14.1. The van der Waals surface area contributed by atoms with Crippen LogP contribution in [-0.2, 0) is 4.79 Å². The van der Waals surface area contributed by atoms with E-state index in [0.717, 1.165) is 0 Å².